The number of rotatable bonds is 6. The Labute approximate surface area is 175 Å². The molecule has 5 heteroatoms. The highest BCUT2D eigenvalue weighted by Crippen LogP contribution is 2.17. The summed E-state index contributed by atoms with van der Waals surface area (Å²) in [5, 5.41) is 13.1. The highest BCUT2D eigenvalue weighted by molar-refractivity contribution is 5.74. The van der Waals surface area contributed by atoms with Gasteiger partial charge in [-0.1, -0.05) is 58.8 Å². The van der Waals surface area contributed by atoms with E-state index in [4.69, 9.17) is 0 Å². The number of hydrogen-bond donors (Lipinski definition) is 2. The van der Waals surface area contributed by atoms with E-state index in [0.717, 1.165) is 28.6 Å². The van der Waals surface area contributed by atoms with Gasteiger partial charge < -0.3 is 10.4 Å². The number of nitrogens with zero attached hydrogens (tertiary/aromatic N) is 2. The molecule has 29 heavy (non-hydrogen) atoms. The summed E-state index contributed by atoms with van der Waals surface area (Å²) in [5.74, 6) is -1.02. The summed E-state index contributed by atoms with van der Waals surface area (Å²) in [7, 11) is 0. The number of nitrogens with one attached hydrogen (secondary N) is 1. The molecule has 0 saturated carbocycles. The van der Waals surface area contributed by atoms with E-state index in [2.05, 4.69) is 29.1 Å². The summed E-state index contributed by atoms with van der Waals surface area (Å²) in [6.45, 7) is 14.2. The van der Waals surface area contributed by atoms with Crippen molar-refractivity contribution < 1.29 is 9.50 Å². The van der Waals surface area contributed by atoms with E-state index in [1.807, 2.05) is 45.9 Å². The lowest BCUT2D eigenvalue weighted by Crippen LogP contribution is -2.15. The maximum absolute atomic E-state index is 14.1. The minimum Gasteiger partial charge on any atom is -0.503 e. The quantitative estimate of drug-likeness (QED) is 0.398. The Bertz CT molecular complexity index is 826. The third-order valence-corrected chi connectivity index (χ3v) is 3.72. The Morgan fingerprint density at radius 1 is 1.10 bits per heavy atom. The van der Waals surface area contributed by atoms with Crippen molar-refractivity contribution in [1.82, 2.24) is 15.3 Å². The fraction of sp³-hybridized carbons (Fsp3) is 0.417. The molecule has 1 heterocycles. The van der Waals surface area contributed by atoms with Crippen LogP contribution in [-0.2, 0) is 6.54 Å². The third-order valence-electron chi connectivity index (χ3n) is 3.72. The van der Waals surface area contributed by atoms with Crippen molar-refractivity contribution in [3.8, 4) is 0 Å². The first kappa shape index (κ1) is 26.3. The van der Waals surface area contributed by atoms with E-state index in [1.165, 1.54) is 12.5 Å². The topological polar surface area (TPSA) is 58.0 Å². The summed E-state index contributed by atoms with van der Waals surface area (Å²) in [6, 6.07) is 5.73. The molecule has 0 atom stereocenters. The molecule has 0 aliphatic rings. The molecule has 4 nitrogen and oxygen atoms in total. The lowest BCUT2D eigenvalue weighted by atomic mass is 10.1. The fourth-order valence-electron chi connectivity index (χ4n) is 2.15. The fourth-order valence-corrected chi connectivity index (χ4v) is 2.15. The SMILES string of the molecule is CC.CCC.C\C=C(NCc1ccc2nccnc2c1)/C(O)=C(F)\C=C(/C)CC. The van der Waals surface area contributed by atoms with Crippen LogP contribution in [0.3, 0.4) is 0 Å². The predicted octanol–water partition coefficient (Wildman–Crippen LogP) is 7.16. The van der Waals surface area contributed by atoms with Crippen LogP contribution >= 0.6 is 0 Å². The van der Waals surface area contributed by atoms with Gasteiger partial charge in [-0.3, -0.25) is 9.97 Å². The van der Waals surface area contributed by atoms with E-state index in [-0.39, 0.29) is 5.76 Å². The Kier molecular flexibility index (Phi) is 13.8. The lowest BCUT2D eigenvalue weighted by Gasteiger charge is -2.11. The normalized spacial score (nSPS) is 12.3. The van der Waals surface area contributed by atoms with Crippen LogP contribution in [0.15, 0.2) is 65.6 Å². The Hall–Kier alpha value is -2.69. The van der Waals surface area contributed by atoms with Gasteiger partial charge in [-0.25, -0.2) is 4.39 Å². The zero-order valence-corrected chi connectivity index (χ0v) is 18.9. The van der Waals surface area contributed by atoms with Crippen molar-refractivity contribution in [2.75, 3.05) is 0 Å². The molecule has 2 N–H and O–H groups in total. The number of aromatic nitrogens is 2. The third kappa shape index (κ3) is 9.37. The van der Waals surface area contributed by atoms with E-state index >= 15 is 0 Å². The van der Waals surface area contributed by atoms with Crippen LogP contribution in [0.5, 0.6) is 0 Å². The van der Waals surface area contributed by atoms with Gasteiger partial charge in [0.25, 0.3) is 0 Å². The molecule has 0 amide bonds. The van der Waals surface area contributed by atoms with Gasteiger partial charge in [-0.2, -0.15) is 0 Å². The standard InChI is InChI=1S/C19H22FN3O.C3H8.C2H6/c1-4-13(3)10-15(20)19(24)16(5-2)23-12-14-6-7-17-18(11-14)22-9-8-21-17;1-3-2;1-2/h5-11,23-24H,4,12H2,1-3H3;3H2,1-2H3;1-2H3/b13-10+,16-5+,19-15-;;. The van der Waals surface area contributed by atoms with Crippen LogP contribution in [0.2, 0.25) is 0 Å². The molecule has 2 aromatic rings. The zero-order valence-electron chi connectivity index (χ0n) is 18.9. The summed E-state index contributed by atoms with van der Waals surface area (Å²) < 4.78 is 14.1. The summed E-state index contributed by atoms with van der Waals surface area (Å²) in [4.78, 5) is 8.49. The predicted molar refractivity (Wildman–Crippen MR) is 122 cm³/mol. The van der Waals surface area contributed by atoms with Crippen LogP contribution in [0.1, 0.15) is 66.9 Å². The summed E-state index contributed by atoms with van der Waals surface area (Å²) in [6.07, 6.45) is 8.27. The van der Waals surface area contributed by atoms with Crippen molar-refractivity contribution in [3.05, 3.63) is 71.2 Å². The zero-order chi connectivity index (χ0) is 22.2. The average Bonchev–Trinajstić information content (AvgIpc) is 2.75. The first-order chi connectivity index (χ1) is 14.0. The van der Waals surface area contributed by atoms with Crippen LogP contribution < -0.4 is 5.32 Å². The molecule has 1 aromatic heterocycles. The van der Waals surface area contributed by atoms with Crippen molar-refractivity contribution in [3.63, 3.8) is 0 Å². The highest BCUT2D eigenvalue weighted by Gasteiger charge is 2.09. The van der Waals surface area contributed by atoms with Gasteiger partial charge in [0, 0.05) is 18.9 Å². The maximum Gasteiger partial charge on any atom is 0.174 e. The number of fused-ring (bicyclic) bond motifs is 1. The molecule has 0 fully saturated rings. The van der Waals surface area contributed by atoms with Gasteiger partial charge in [0.05, 0.1) is 16.7 Å². The second-order valence-corrected chi connectivity index (χ2v) is 6.18. The second kappa shape index (κ2) is 15.3. The summed E-state index contributed by atoms with van der Waals surface area (Å²) >= 11 is 0. The molecule has 0 bridgehead atoms. The minimum atomic E-state index is -0.640. The van der Waals surface area contributed by atoms with Crippen LogP contribution in [0.4, 0.5) is 4.39 Å². The van der Waals surface area contributed by atoms with E-state index < -0.39 is 5.83 Å². The van der Waals surface area contributed by atoms with Gasteiger partial charge in [-0.15, -0.1) is 0 Å². The average molecular weight is 402 g/mol. The van der Waals surface area contributed by atoms with Crippen molar-refractivity contribution in [1.29, 1.82) is 0 Å². The molecule has 0 aliphatic carbocycles. The second-order valence-electron chi connectivity index (χ2n) is 6.18. The lowest BCUT2D eigenvalue weighted by molar-refractivity contribution is 0.388. The number of halogens is 1. The molecule has 0 aliphatic heterocycles. The van der Waals surface area contributed by atoms with E-state index in [0.29, 0.717) is 12.2 Å². The number of hydrogen-bond acceptors (Lipinski definition) is 4. The highest BCUT2D eigenvalue weighted by atomic mass is 19.1. The largest absolute Gasteiger partial charge is 0.503 e. The molecule has 0 radical (unpaired) electrons. The number of aliphatic hydroxyl groups is 1. The van der Waals surface area contributed by atoms with Gasteiger partial charge in [0.2, 0.25) is 0 Å². The molecular weight excluding hydrogens is 365 g/mol. The number of aliphatic hydroxyl groups excluding tert-OH is 1. The van der Waals surface area contributed by atoms with Crippen molar-refractivity contribution in [2.24, 2.45) is 0 Å². The van der Waals surface area contributed by atoms with Gasteiger partial charge in [0.1, 0.15) is 0 Å². The molecular formula is C24H36FN3O. The van der Waals surface area contributed by atoms with E-state index in [9.17, 15) is 9.50 Å². The Morgan fingerprint density at radius 2 is 1.69 bits per heavy atom. The first-order valence-corrected chi connectivity index (χ1v) is 10.3. The van der Waals surface area contributed by atoms with Crippen LogP contribution in [0.25, 0.3) is 11.0 Å². The van der Waals surface area contributed by atoms with Gasteiger partial charge in [-0.05, 0) is 44.0 Å². The van der Waals surface area contributed by atoms with E-state index in [1.54, 1.807) is 25.4 Å². The Balaban J connectivity index is 0.00000143. The van der Waals surface area contributed by atoms with Crippen molar-refractivity contribution >= 4 is 11.0 Å². The molecule has 160 valence electrons. The molecule has 0 unspecified atom stereocenters. The Morgan fingerprint density at radius 3 is 2.24 bits per heavy atom. The first-order valence-electron chi connectivity index (χ1n) is 10.3. The molecule has 2 rings (SSSR count). The number of allylic oxidation sites excluding steroid dienone is 4. The monoisotopic (exact) mass is 401 g/mol. The van der Waals surface area contributed by atoms with Crippen molar-refractivity contribution in [2.45, 2.75) is 67.9 Å². The number of benzene rings is 1. The van der Waals surface area contributed by atoms with Gasteiger partial charge >= 0.3 is 0 Å². The van der Waals surface area contributed by atoms with Crippen LogP contribution in [0, 0.1) is 0 Å². The molecule has 0 spiro atoms. The minimum absolute atomic E-state index is 0.354. The van der Waals surface area contributed by atoms with Crippen LogP contribution in [-0.4, -0.2) is 15.1 Å². The maximum atomic E-state index is 14.1. The summed E-state index contributed by atoms with van der Waals surface area (Å²) in [5.41, 5.74) is 3.80. The smallest absolute Gasteiger partial charge is 0.174 e. The molecule has 0 saturated heterocycles. The van der Waals surface area contributed by atoms with Gasteiger partial charge in [0.15, 0.2) is 11.6 Å². The molecule has 1 aromatic carbocycles.